The topological polar surface area (TPSA) is 38.9 Å². The maximum atomic E-state index is 13.5. The van der Waals surface area contributed by atoms with E-state index in [2.05, 4.69) is 18.1 Å². The van der Waals surface area contributed by atoms with Gasteiger partial charge in [-0.05, 0) is 31.1 Å². The minimum atomic E-state index is -0.533. The summed E-state index contributed by atoms with van der Waals surface area (Å²) in [7, 11) is 0. The van der Waals surface area contributed by atoms with Gasteiger partial charge in [0, 0.05) is 12.0 Å². The highest BCUT2D eigenvalue weighted by Crippen LogP contribution is 2.17. The molecule has 0 aliphatic rings. The Hall–Kier alpha value is -1.90. The number of aromatic nitrogens is 1. The molecule has 0 atom stereocenters. The molecule has 90 valence electrons. The van der Waals surface area contributed by atoms with Gasteiger partial charge in [-0.15, -0.1) is 0 Å². The molecule has 2 N–H and O–H groups in total. The third kappa shape index (κ3) is 3.87. The van der Waals surface area contributed by atoms with Gasteiger partial charge in [-0.1, -0.05) is 30.9 Å². The Kier molecular flexibility index (Phi) is 4.21. The first-order chi connectivity index (χ1) is 7.90. The van der Waals surface area contributed by atoms with Gasteiger partial charge in [-0.25, -0.2) is 4.98 Å². The van der Waals surface area contributed by atoms with Crippen LogP contribution in [0.1, 0.15) is 19.4 Å². The Balaban J connectivity index is 2.85. The number of pyridine rings is 1. The number of allylic oxidation sites excluding steroid dienone is 4. The van der Waals surface area contributed by atoms with E-state index in [1.54, 1.807) is 12.1 Å². The molecule has 0 unspecified atom stereocenters. The summed E-state index contributed by atoms with van der Waals surface area (Å²) >= 11 is 0. The van der Waals surface area contributed by atoms with Crippen LogP contribution in [0.4, 0.5) is 10.2 Å². The molecule has 0 fully saturated rings. The molecule has 0 radical (unpaired) electrons. The highest BCUT2D eigenvalue weighted by Gasteiger charge is 2.06. The van der Waals surface area contributed by atoms with Crippen molar-refractivity contribution >= 4 is 5.82 Å². The Morgan fingerprint density at radius 3 is 2.59 bits per heavy atom. The highest BCUT2D eigenvalue weighted by atomic mass is 19.1. The van der Waals surface area contributed by atoms with Crippen molar-refractivity contribution in [3.05, 3.63) is 59.6 Å². The number of anilines is 1. The lowest BCUT2D eigenvalue weighted by molar-refractivity contribution is 0.572. The van der Waals surface area contributed by atoms with E-state index in [1.807, 2.05) is 19.9 Å². The molecule has 0 spiro atoms. The van der Waals surface area contributed by atoms with E-state index in [0.717, 1.165) is 16.7 Å². The van der Waals surface area contributed by atoms with Crippen LogP contribution in [-0.4, -0.2) is 4.98 Å². The van der Waals surface area contributed by atoms with Crippen molar-refractivity contribution in [2.45, 2.75) is 20.3 Å². The SMILES string of the molecule is C=C(C)/C=C(\C)C(=C)Cc1ccc(N)nc1F. The molecular formula is C14H17FN2. The summed E-state index contributed by atoms with van der Waals surface area (Å²) in [5, 5.41) is 0. The summed E-state index contributed by atoms with van der Waals surface area (Å²) in [6, 6.07) is 3.22. The van der Waals surface area contributed by atoms with Gasteiger partial charge in [-0.2, -0.15) is 4.39 Å². The molecule has 0 aromatic carbocycles. The van der Waals surface area contributed by atoms with E-state index in [1.165, 1.54) is 0 Å². The van der Waals surface area contributed by atoms with Crippen LogP contribution in [0.15, 0.2) is 48.1 Å². The first-order valence-corrected chi connectivity index (χ1v) is 5.33. The van der Waals surface area contributed by atoms with E-state index in [4.69, 9.17) is 5.73 Å². The van der Waals surface area contributed by atoms with Gasteiger partial charge in [0.2, 0.25) is 5.95 Å². The summed E-state index contributed by atoms with van der Waals surface area (Å²) in [5.74, 6) is -0.347. The molecule has 0 aliphatic carbocycles. The fourth-order valence-corrected chi connectivity index (χ4v) is 1.45. The number of hydrogen-bond donors (Lipinski definition) is 1. The van der Waals surface area contributed by atoms with Crippen molar-refractivity contribution in [2.75, 3.05) is 5.73 Å². The smallest absolute Gasteiger partial charge is 0.218 e. The normalized spacial score (nSPS) is 11.4. The molecule has 2 nitrogen and oxygen atoms in total. The first kappa shape index (κ1) is 13.2. The first-order valence-electron chi connectivity index (χ1n) is 5.33. The van der Waals surface area contributed by atoms with Gasteiger partial charge in [-0.3, -0.25) is 0 Å². The van der Waals surface area contributed by atoms with Crippen LogP contribution in [0.3, 0.4) is 0 Å². The summed E-state index contributed by atoms with van der Waals surface area (Å²) < 4.78 is 13.5. The van der Waals surface area contributed by atoms with E-state index < -0.39 is 5.95 Å². The van der Waals surface area contributed by atoms with Crippen molar-refractivity contribution in [3.63, 3.8) is 0 Å². The quantitative estimate of drug-likeness (QED) is 0.638. The Bertz CT molecular complexity index is 487. The number of halogens is 1. The van der Waals surface area contributed by atoms with Crippen LogP contribution >= 0.6 is 0 Å². The predicted octanol–water partition coefficient (Wildman–Crippen LogP) is 3.42. The molecule has 1 heterocycles. The second-order valence-electron chi connectivity index (χ2n) is 4.14. The summed E-state index contributed by atoms with van der Waals surface area (Å²) in [5.41, 5.74) is 8.67. The lowest BCUT2D eigenvalue weighted by atomic mass is 10.0. The second kappa shape index (κ2) is 5.43. The van der Waals surface area contributed by atoms with Crippen molar-refractivity contribution in [3.8, 4) is 0 Å². The molecule has 0 amide bonds. The van der Waals surface area contributed by atoms with E-state index in [0.29, 0.717) is 12.0 Å². The van der Waals surface area contributed by atoms with Crippen molar-refractivity contribution < 1.29 is 4.39 Å². The number of rotatable bonds is 4. The molecule has 0 bridgehead atoms. The lowest BCUT2D eigenvalue weighted by Gasteiger charge is -2.07. The molecular weight excluding hydrogens is 215 g/mol. The molecule has 0 aliphatic heterocycles. The zero-order chi connectivity index (χ0) is 13.0. The maximum Gasteiger partial charge on any atom is 0.218 e. The molecule has 0 saturated carbocycles. The van der Waals surface area contributed by atoms with Crippen LogP contribution in [0.2, 0.25) is 0 Å². The average molecular weight is 232 g/mol. The third-order valence-electron chi connectivity index (χ3n) is 2.37. The van der Waals surface area contributed by atoms with Crippen molar-refractivity contribution in [2.24, 2.45) is 0 Å². The van der Waals surface area contributed by atoms with Crippen molar-refractivity contribution in [1.82, 2.24) is 4.98 Å². The van der Waals surface area contributed by atoms with E-state index in [9.17, 15) is 4.39 Å². The molecule has 1 aromatic heterocycles. The summed E-state index contributed by atoms with van der Waals surface area (Å²) in [4.78, 5) is 3.58. The average Bonchev–Trinajstić information content (AvgIpc) is 2.21. The van der Waals surface area contributed by atoms with E-state index in [-0.39, 0.29) is 5.82 Å². The van der Waals surface area contributed by atoms with Crippen LogP contribution < -0.4 is 5.73 Å². The maximum absolute atomic E-state index is 13.5. The Morgan fingerprint density at radius 1 is 1.41 bits per heavy atom. The summed E-state index contributed by atoms with van der Waals surface area (Å²) in [6.07, 6.45) is 2.35. The molecule has 3 heteroatoms. The predicted molar refractivity (Wildman–Crippen MR) is 70.0 cm³/mol. The molecule has 1 rings (SSSR count). The fourth-order valence-electron chi connectivity index (χ4n) is 1.45. The van der Waals surface area contributed by atoms with Crippen LogP contribution in [0.25, 0.3) is 0 Å². The van der Waals surface area contributed by atoms with Crippen molar-refractivity contribution in [1.29, 1.82) is 0 Å². The van der Waals surface area contributed by atoms with Crippen LogP contribution in [0, 0.1) is 5.95 Å². The number of nitrogens with two attached hydrogens (primary N) is 1. The zero-order valence-corrected chi connectivity index (χ0v) is 10.3. The third-order valence-corrected chi connectivity index (χ3v) is 2.37. The molecule has 17 heavy (non-hydrogen) atoms. The number of hydrogen-bond acceptors (Lipinski definition) is 2. The standard InChI is InChI=1S/C14H17FN2/c1-9(2)7-10(3)11(4)8-12-5-6-13(16)17-14(12)15/h5-7H,1,4,8H2,2-3H3,(H2,16,17)/b10-7+. The van der Waals surface area contributed by atoms with Crippen LogP contribution in [0.5, 0.6) is 0 Å². The minimum Gasteiger partial charge on any atom is -0.384 e. The second-order valence-corrected chi connectivity index (χ2v) is 4.14. The Morgan fingerprint density at radius 2 is 2.06 bits per heavy atom. The van der Waals surface area contributed by atoms with Gasteiger partial charge in [0.15, 0.2) is 0 Å². The number of nitrogen functional groups attached to an aromatic ring is 1. The highest BCUT2D eigenvalue weighted by molar-refractivity contribution is 5.38. The number of nitrogens with zero attached hydrogens (tertiary/aromatic N) is 1. The Labute approximate surface area is 101 Å². The van der Waals surface area contributed by atoms with Gasteiger partial charge in [0.05, 0.1) is 0 Å². The zero-order valence-electron chi connectivity index (χ0n) is 10.3. The lowest BCUT2D eigenvalue weighted by Crippen LogP contribution is -2.00. The van der Waals surface area contributed by atoms with Gasteiger partial charge in [0.25, 0.3) is 0 Å². The largest absolute Gasteiger partial charge is 0.384 e. The van der Waals surface area contributed by atoms with Crippen LogP contribution in [-0.2, 0) is 6.42 Å². The summed E-state index contributed by atoms with van der Waals surface area (Å²) in [6.45, 7) is 11.6. The van der Waals surface area contributed by atoms with Gasteiger partial charge in [0.1, 0.15) is 5.82 Å². The molecule has 1 aromatic rings. The van der Waals surface area contributed by atoms with E-state index >= 15 is 0 Å². The fraction of sp³-hybridized carbons (Fsp3) is 0.214. The minimum absolute atomic E-state index is 0.186. The molecule has 0 saturated heterocycles. The monoisotopic (exact) mass is 232 g/mol. The van der Waals surface area contributed by atoms with Gasteiger partial charge >= 0.3 is 0 Å². The van der Waals surface area contributed by atoms with Gasteiger partial charge < -0.3 is 5.73 Å².